The lowest BCUT2D eigenvalue weighted by atomic mass is 9.62. The van der Waals surface area contributed by atoms with E-state index < -0.39 is 17.3 Å². The van der Waals surface area contributed by atoms with Crippen molar-refractivity contribution < 1.29 is 18.0 Å². The van der Waals surface area contributed by atoms with Crippen LogP contribution in [-0.4, -0.2) is 29.3 Å². The molecule has 1 spiro atoms. The second-order valence-corrected chi connectivity index (χ2v) is 14.5. The van der Waals surface area contributed by atoms with E-state index >= 15 is 0 Å². The molecule has 1 aliphatic heterocycles. The molecule has 0 saturated heterocycles. The average molecular weight is 595 g/mol. The van der Waals surface area contributed by atoms with Gasteiger partial charge in [0.05, 0.1) is 11.1 Å². The van der Waals surface area contributed by atoms with E-state index in [1.54, 1.807) is 0 Å². The number of rotatable bonds is 7. The molecule has 2 atom stereocenters. The van der Waals surface area contributed by atoms with E-state index in [9.17, 15) is 18.0 Å². The van der Waals surface area contributed by atoms with Crippen LogP contribution in [0.3, 0.4) is 0 Å². The highest BCUT2D eigenvalue weighted by molar-refractivity contribution is 6.46. The molecule has 6 heteroatoms. The molecule has 2 unspecified atom stereocenters. The number of carbonyl (C=O) groups excluding carboxylic acids is 1. The third kappa shape index (κ3) is 8.05. The fourth-order valence-corrected chi connectivity index (χ4v) is 6.95. The van der Waals surface area contributed by atoms with E-state index in [4.69, 9.17) is 9.98 Å². The van der Waals surface area contributed by atoms with Gasteiger partial charge in [-0.25, -0.2) is 0 Å². The molecular formula is C37H49F3N2O. The Morgan fingerprint density at radius 2 is 1.60 bits per heavy atom. The molecule has 0 N–H and O–H groups in total. The maximum Gasteiger partial charge on any atom is 0.416 e. The third-order valence-electron chi connectivity index (χ3n) is 10.1. The monoisotopic (exact) mass is 594 g/mol. The smallest absolute Gasteiger partial charge is 0.292 e. The van der Waals surface area contributed by atoms with Crippen molar-refractivity contribution in [2.24, 2.45) is 39.1 Å². The second kappa shape index (κ2) is 13.1. The van der Waals surface area contributed by atoms with Crippen LogP contribution in [0.25, 0.3) is 0 Å². The minimum atomic E-state index is -4.42. The van der Waals surface area contributed by atoms with Gasteiger partial charge < -0.3 is 0 Å². The summed E-state index contributed by atoms with van der Waals surface area (Å²) in [6, 6.07) is 13.5. The van der Waals surface area contributed by atoms with Crippen molar-refractivity contribution in [2.75, 3.05) is 6.54 Å². The van der Waals surface area contributed by atoms with Crippen molar-refractivity contribution in [3.8, 4) is 0 Å². The number of ketones is 1. The predicted molar refractivity (Wildman–Crippen MR) is 171 cm³/mol. The molecule has 1 aliphatic carbocycles. The highest BCUT2D eigenvalue weighted by Gasteiger charge is 2.47. The number of hydrogen-bond donors (Lipinski definition) is 0. The van der Waals surface area contributed by atoms with Crippen molar-refractivity contribution >= 4 is 17.2 Å². The molecule has 0 radical (unpaired) electrons. The first-order chi connectivity index (χ1) is 20.1. The quantitative estimate of drug-likeness (QED) is 0.294. The molecule has 0 aromatic heterocycles. The summed E-state index contributed by atoms with van der Waals surface area (Å²) in [5.74, 6) is 1.37. The standard InChI is InChI=1S/C37H49F3N2O/c1-24(2)18-21-41-26(4)28-10-8-27(9-11-28)22-30-23-33(43)34(29-12-14-32(15-13-29)37(38,39)40)42-36(25(30)3)19-16-31(17-20-36)35(5,6)7/h8-15,24-25,30-31H,16-23H2,1-7H3. The summed E-state index contributed by atoms with van der Waals surface area (Å²) in [5, 5.41) is 0. The molecule has 234 valence electrons. The molecule has 3 nitrogen and oxygen atoms in total. The number of benzene rings is 2. The molecule has 0 bridgehead atoms. The second-order valence-electron chi connectivity index (χ2n) is 14.5. The largest absolute Gasteiger partial charge is 0.416 e. The molecule has 2 aromatic rings. The number of Topliss-reactive ketones (excluding diaryl/α,β-unsaturated/α-hetero) is 1. The first-order valence-electron chi connectivity index (χ1n) is 16.0. The summed E-state index contributed by atoms with van der Waals surface area (Å²) >= 11 is 0. The Morgan fingerprint density at radius 3 is 2.14 bits per heavy atom. The number of hydrogen-bond acceptors (Lipinski definition) is 3. The van der Waals surface area contributed by atoms with Crippen LogP contribution in [-0.2, 0) is 17.4 Å². The summed E-state index contributed by atoms with van der Waals surface area (Å²) in [4.78, 5) is 23.8. The van der Waals surface area contributed by atoms with Crippen LogP contribution in [0.4, 0.5) is 13.2 Å². The van der Waals surface area contributed by atoms with Gasteiger partial charge in [-0.3, -0.25) is 14.8 Å². The maximum atomic E-state index is 13.8. The lowest BCUT2D eigenvalue weighted by molar-refractivity contribution is -0.137. The molecule has 4 rings (SSSR count). The lowest BCUT2D eigenvalue weighted by Gasteiger charge is -2.46. The van der Waals surface area contributed by atoms with E-state index in [0.717, 1.165) is 68.5 Å². The zero-order valence-electron chi connectivity index (χ0n) is 27.0. The zero-order chi connectivity index (χ0) is 31.6. The number of halogens is 3. The van der Waals surface area contributed by atoms with Gasteiger partial charge in [0.25, 0.3) is 0 Å². The fraction of sp³-hybridized carbons (Fsp3) is 0.595. The van der Waals surface area contributed by atoms with Gasteiger partial charge in [0.15, 0.2) is 5.78 Å². The van der Waals surface area contributed by atoms with E-state index in [1.165, 1.54) is 17.7 Å². The van der Waals surface area contributed by atoms with Crippen LogP contribution in [0.2, 0.25) is 0 Å². The van der Waals surface area contributed by atoms with Gasteiger partial charge in [0.1, 0.15) is 5.71 Å². The highest BCUT2D eigenvalue weighted by Crippen LogP contribution is 2.50. The van der Waals surface area contributed by atoms with Crippen molar-refractivity contribution in [3.63, 3.8) is 0 Å². The topological polar surface area (TPSA) is 41.8 Å². The number of carbonyl (C=O) groups is 1. The first kappa shape index (κ1) is 33.1. The van der Waals surface area contributed by atoms with Gasteiger partial charge in [0, 0.05) is 24.2 Å². The highest BCUT2D eigenvalue weighted by atomic mass is 19.4. The van der Waals surface area contributed by atoms with Crippen molar-refractivity contribution in [1.29, 1.82) is 0 Å². The van der Waals surface area contributed by atoms with Crippen molar-refractivity contribution in [2.45, 2.75) is 105 Å². The van der Waals surface area contributed by atoms with Crippen LogP contribution in [0.5, 0.6) is 0 Å². The van der Waals surface area contributed by atoms with E-state index in [2.05, 4.69) is 72.7 Å². The third-order valence-corrected chi connectivity index (χ3v) is 10.1. The predicted octanol–water partition coefficient (Wildman–Crippen LogP) is 9.79. The Balaban J connectivity index is 1.62. The number of alkyl halides is 3. The summed E-state index contributed by atoms with van der Waals surface area (Å²) in [6.07, 6.45) is 1.57. The molecular weight excluding hydrogens is 545 g/mol. The van der Waals surface area contributed by atoms with Crippen LogP contribution < -0.4 is 0 Å². The molecule has 43 heavy (non-hydrogen) atoms. The van der Waals surface area contributed by atoms with Gasteiger partial charge >= 0.3 is 6.18 Å². The molecule has 0 amide bonds. The average Bonchev–Trinajstić information content (AvgIpc) is 3.03. The molecule has 1 saturated carbocycles. The first-order valence-corrected chi connectivity index (χ1v) is 16.0. The minimum absolute atomic E-state index is 0.0730. The Hall–Kier alpha value is -2.76. The molecule has 2 aromatic carbocycles. The maximum absolute atomic E-state index is 13.8. The summed E-state index contributed by atoms with van der Waals surface area (Å²) in [5.41, 5.74) is 3.24. The Kier molecular flexibility index (Phi) is 10.1. The molecule has 1 heterocycles. The van der Waals surface area contributed by atoms with Crippen molar-refractivity contribution in [1.82, 2.24) is 0 Å². The summed E-state index contributed by atoms with van der Waals surface area (Å²) in [6.45, 7) is 16.4. The van der Waals surface area contributed by atoms with E-state index in [1.807, 2.05) is 0 Å². The number of aliphatic imine (C=N–C) groups is 2. The Morgan fingerprint density at radius 1 is 1.00 bits per heavy atom. The van der Waals surface area contributed by atoms with Gasteiger partial charge in [-0.15, -0.1) is 0 Å². The zero-order valence-corrected chi connectivity index (χ0v) is 27.0. The van der Waals surface area contributed by atoms with E-state index in [0.29, 0.717) is 29.5 Å². The molecule has 1 fully saturated rings. The van der Waals surface area contributed by atoms with Crippen LogP contribution >= 0.6 is 0 Å². The van der Waals surface area contributed by atoms with Crippen LogP contribution in [0.1, 0.15) is 109 Å². The fourth-order valence-electron chi connectivity index (χ4n) is 6.95. The van der Waals surface area contributed by atoms with Gasteiger partial charge in [0.2, 0.25) is 0 Å². The van der Waals surface area contributed by atoms with Gasteiger partial charge in [-0.1, -0.05) is 77.9 Å². The minimum Gasteiger partial charge on any atom is -0.292 e. The van der Waals surface area contributed by atoms with E-state index in [-0.39, 0.29) is 23.0 Å². The SMILES string of the molecule is CC(=NCCC(C)C)c1ccc(CC2CC(=O)C(c3ccc(C(F)(F)F)cc3)=NC3(CCC(C(C)(C)C)CC3)C2C)cc1. The number of nitrogens with zero attached hydrogens (tertiary/aromatic N) is 2. The van der Waals surface area contributed by atoms with Crippen LogP contribution in [0, 0.1) is 29.1 Å². The summed E-state index contributed by atoms with van der Waals surface area (Å²) < 4.78 is 39.8. The molecule has 2 aliphatic rings. The lowest BCUT2D eigenvalue weighted by Crippen LogP contribution is -2.44. The van der Waals surface area contributed by atoms with Gasteiger partial charge in [-0.2, -0.15) is 13.2 Å². The Labute approximate surface area is 256 Å². The normalized spacial score (nSPS) is 25.7. The van der Waals surface area contributed by atoms with Crippen LogP contribution in [0.15, 0.2) is 58.5 Å². The summed E-state index contributed by atoms with van der Waals surface area (Å²) in [7, 11) is 0. The Bertz CT molecular complexity index is 1310. The van der Waals surface area contributed by atoms with Gasteiger partial charge in [-0.05, 0) is 97.8 Å². The van der Waals surface area contributed by atoms with Crippen molar-refractivity contribution in [3.05, 3.63) is 70.8 Å².